The molecule has 6 heteroatoms. The van der Waals surface area contributed by atoms with Crippen LogP contribution in [0.5, 0.6) is 0 Å². The van der Waals surface area contributed by atoms with E-state index >= 15 is 0 Å². The molecule has 1 aromatic heterocycles. The summed E-state index contributed by atoms with van der Waals surface area (Å²) in [6.45, 7) is 4.40. The molecule has 18 heavy (non-hydrogen) atoms. The van der Waals surface area contributed by atoms with Crippen LogP contribution in [0.2, 0.25) is 0 Å². The Morgan fingerprint density at radius 1 is 1.44 bits per heavy atom. The lowest BCUT2D eigenvalue weighted by Crippen LogP contribution is -2.44. The molecule has 0 amide bonds. The van der Waals surface area contributed by atoms with E-state index in [4.69, 9.17) is 0 Å². The van der Waals surface area contributed by atoms with Crippen molar-refractivity contribution in [3.63, 3.8) is 0 Å². The maximum atomic E-state index is 12.3. The number of hydrogen-bond acceptors (Lipinski definition) is 3. The molecular weight excluding hydrogens is 261 g/mol. The molecule has 0 bridgehead atoms. The number of nitrogens with zero attached hydrogens (tertiary/aromatic N) is 1. The predicted octanol–water partition coefficient (Wildman–Crippen LogP) is 3.11. The van der Waals surface area contributed by atoms with Crippen molar-refractivity contribution in [3.8, 4) is 0 Å². The molecule has 1 atom stereocenters. The Kier molecular flexibility index (Phi) is 6.11. The first-order valence-electron chi connectivity index (χ1n) is 5.96. The average molecular weight is 280 g/mol. The summed E-state index contributed by atoms with van der Waals surface area (Å²) < 4.78 is 37.0. The third-order valence-electron chi connectivity index (χ3n) is 2.73. The van der Waals surface area contributed by atoms with Crippen molar-refractivity contribution < 1.29 is 13.2 Å². The zero-order chi connectivity index (χ0) is 13.6. The highest BCUT2D eigenvalue weighted by molar-refractivity contribution is 7.09. The molecule has 0 saturated heterocycles. The molecule has 1 heterocycles. The standard InChI is InChI=1S/C12H19F3N2S/c1-3-17(9-12(13,14)15)10(2)7-16-8-11-5-4-6-18-11/h4-6,10,16H,3,7-9H2,1-2H3. The predicted molar refractivity (Wildman–Crippen MR) is 68.8 cm³/mol. The Morgan fingerprint density at radius 3 is 2.67 bits per heavy atom. The minimum atomic E-state index is -4.13. The molecule has 0 radical (unpaired) electrons. The van der Waals surface area contributed by atoms with Gasteiger partial charge in [-0.05, 0) is 24.9 Å². The number of likely N-dealkylation sites (N-methyl/N-ethyl adjacent to an activating group) is 1. The highest BCUT2D eigenvalue weighted by Crippen LogP contribution is 2.17. The largest absolute Gasteiger partial charge is 0.401 e. The van der Waals surface area contributed by atoms with Crippen molar-refractivity contribution >= 4 is 11.3 Å². The molecule has 0 aromatic carbocycles. The number of nitrogens with one attached hydrogen (secondary N) is 1. The third kappa shape index (κ3) is 5.84. The Labute approximate surface area is 110 Å². The van der Waals surface area contributed by atoms with Gasteiger partial charge >= 0.3 is 6.18 Å². The van der Waals surface area contributed by atoms with Crippen molar-refractivity contribution in [2.75, 3.05) is 19.6 Å². The third-order valence-corrected chi connectivity index (χ3v) is 3.61. The molecule has 0 aliphatic carbocycles. The number of halogens is 3. The number of alkyl halides is 3. The van der Waals surface area contributed by atoms with Gasteiger partial charge in [0.2, 0.25) is 0 Å². The van der Waals surface area contributed by atoms with Gasteiger partial charge < -0.3 is 5.32 Å². The van der Waals surface area contributed by atoms with E-state index in [2.05, 4.69) is 5.32 Å². The number of hydrogen-bond donors (Lipinski definition) is 1. The molecule has 104 valence electrons. The van der Waals surface area contributed by atoms with Gasteiger partial charge in [-0.2, -0.15) is 13.2 Å². The van der Waals surface area contributed by atoms with E-state index in [0.717, 1.165) is 0 Å². The summed E-state index contributed by atoms with van der Waals surface area (Å²) in [5.41, 5.74) is 0. The van der Waals surface area contributed by atoms with Gasteiger partial charge in [-0.3, -0.25) is 4.90 Å². The van der Waals surface area contributed by atoms with Gasteiger partial charge in [0.25, 0.3) is 0 Å². The molecule has 0 saturated carbocycles. The summed E-state index contributed by atoms with van der Waals surface area (Å²) in [6, 6.07) is 3.85. The highest BCUT2D eigenvalue weighted by Gasteiger charge is 2.31. The van der Waals surface area contributed by atoms with Crippen LogP contribution in [-0.4, -0.2) is 36.8 Å². The van der Waals surface area contributed by atoms with Crippen LogP contribution in [0.25, 0.3) is 0 Å². The van der Waals surface area contributed by atoms with Gasteiger partial charge in [0.1, 0.15) is 0 Å². The molecule has 0 aliphatic heterocycles. The topological polar surface area (TPSA) is 15.3 Å². The quantitative estimate of drug-likeness (QED) is 0.825. The Hall–Kier alpha value is -0.590. The molecular formula is C12H19F3N2S. The van der Waals surface area contributed by atoms with Gasteiger partial charge in [0, 0.05) is 24.0 Å². The summed E-state index contributed by atoms with van der Waals surface area (Å²) in [7, 11) is 0. The van der Waals surface area contributed by atoms with E-state index < -0.39 is 12.7 Å². The van der Waals surface area contributed by atoms with Crippen LogP contribution in [0.4, 0.5) is 13.2 Å². The highest BCUT2D eigenvalue weighted by atomic mass is 32.1. The Morgan fingerprint density at radius 2 is 2.17 bits per heavy atom. The van der Waals surface area contributed by atoms with Crippen LogP contribution in [0.3, 0.4) is 0 Å². The van der Waals surface area contributed by atoms with E-state index in [1.807, 2.05) is 24.4 Å². The minimum Gasteiger partial charge on any atom is -0.310 e. The van der Waals surface area contributed by atoms with Crippen molar-refractivity contribution in [1.82, 2.24) is 10.2 Å². The van der Waals surface area contributed by atoms with E-state index in [0.29, 0.717) is 19.6 Å². The Balaban J connectivity index is 2.31. The SMILES string of the molecule is CCN(CC(F)(F)F)C(C)CNCc1cccs1. The molecule has 0 fully saturated rings. The lowest BCUT2D eigenvalue weighted by Gasteiger charge is -2.28. The number of thiophene rings is 1. The van der Waals surface area contributed by atoms with Crippen LogP contribution in [-0.2, 0) is 6.54 Å². The first-order chi connectivity index (χ1) is 8.42. The average Bonchev–Trinajstić information content (AvgIpc) is 2.77. The monoisotopic (exact) mass is 280 g/mol. The van der Waals surface area contributed by atoms with Crippen molar-refractivity contribution in [1.29, 1.82) is 0 Å². The summed E-state index contributed by atoms with van der Waals surface area (Å²) >= 11 is 1.64. The zero-order valence-corrected chi connectivity index (χ0v) is 11.4. The zero-order valence-electron chi connectivity index (χ0n) is 10.6. The second-order valence-electron chi connectivity index (χ2n) is 4.24. The van der Waals surface area contributed by atoms with Gasteiger partial charge in [-0.1, -0.05) is 13.0 Å². The minimum absolute atomic E-state index is 0.128. The maximum Gasteiger partial charge on any atom is 0.401 e. The van der Waals surface area contributed by atoms with Gasteiger partial charge in [0.15, 0.2) is 0 Å². The fourth-order valence-electron chi connectivity index (χ4n) is 1.76. The second-order valence-corrected chi connectivity index (χ2v) is 5.27. The van der Waals surface area contributed by atoms with Crippen LogP contribution in [0, 0.1) is 0 Å². The Bertz CT molecular complexity index is 325. The first-order valence-corrected chi connectivity index (χ1v) is 6.84. The van der Waals surface area contributed by atoms with E-state index in [-0.39, 0.29) is 6.04 Å². The second kappa shape index (κ2) is 7.11. The van der Waals surface area contributed by atoms with E-state index in [9.17, 15) is 13.2 Å². The van der Waals surface area contributed by atoms with Gasteiger partial charge in [0.05, 0.1) is 6.54 Å². The van der Waals surface area contributed by atoms with Crippen molar-refractivity contribution in [3.05, 3.63) is 22.4 Å². The fourth-order valence-corrected chi connectivity index (χ4v) is 2.43. The first kappa shape index (κ1) is 15.5. The summed E-state index contributed by atoms with van der Waals surface area (Å²) in [6.07, 6.45) is -4.13. The van der Waals surface area contributed by atoms with Crippen molar-refractivity contribution in [2.45, 2.75) is 32.6 Å². The van der Waals surface area contributed by atoms with Crippen molar-refractivity contribution in [2.24, 2.45) is 0 Å². The molecule has 1 N–H and O–H groups in total. The molecule has 1 aromatic rings. The van der Waals surface area contributed by atoms with Gasteiger partial charge in [-0.25, -0.2) is 0 Å². The van der Waals surface area contributed by atoms with Crippen LogP contribution >= 0.6 is 11.3 Å². The number of rotatable bonds is 7. The lowest BCUT2D eigenvalue weighted by molar-refractivity contribution is -0.149. The fraction of sp³-hybridized carbons (Fsp3) is 0.667. The van der Waals surface area contributed by atoms with Crippen LogP contribution < -0.4 is 5.32 Å². The smallest absolute Gasteiger partial charge is 0.310 e. The summed E-state index contributed by atoms with van der Waals surface area (Å²) in [5.74, 6) is 0. The summed E-state index contributed by atoms with van der Waals surface area (Å²) in [5, 5.41) is 5.18. The summed E-state index contributed by atoms with van der Waals surface area (Å²) in [4.78, 5) is 2.63. The molecule has 1 rings (SSSR count). The normalized spacial score (nSPS) is 14.1. The van der Waals surface area contributed by atoms with Crippen LogP contribution in [0.15, 0.2) is 17.5 Å². The lowest BCUT2D eigenvalue weighted by atomic mass is 10.2. The van der Waals surface area contributed by atoms with E-state index in [1.54, 1.807) is 18.3 Å². The van der Waals surface area contributed by atoms with Crippen LogP contribution in [0.1, 0.15) is 18.7 Å². The maximum absolute atomic E-state index is 12.3. The molecule has 2 nitrogen and oxygen atoms in total. The van der Waals surface area contributed by atoms with Gasteiger partial charge in [-0.15, -0.1) is 11.3 Å². The molecule has 0 spiro atoms. The molecule has 0 aliphatic rings. The molecule has 1 unspecified atom stereocenters. The van der Waals surface area contributed by atoms with E-state index in [1.165, 1.54) is 9.78 Å².